The molecule has 0 bridgehead atoms. The van der Waals surface area contributed by atoms with E-state index in [1.165, 1.54) is 33.7 Å². The second kappa shape index (κ2) is 11.4. The maximum atomic E-state index is 11.9. The summed E-state index contributed by atoms with van der Waals surface area (Å²) >= 11 is 0. The number of nitrogens with zero attached hydrogens (tertiary/aromatic N) is 2. The molecule has 0 fully saturated rings. The van der Waals surface area contributed by atoms with Crippen LogP contribution in [0.2, 0.25) is 0 Å². The minimum absolute atomic E-state index is 0.130. The van der Waals surface area contributed by atoms with E-state index in [1.807, 2.05) is 18.2 Å². The van der Waals surface area contributed by atoms with Crippen molar-refractivity contribution in [2.75, 3.05) is 12.4 Å². The van der Waals surface area contributed by atoms with Gasteiger partial charge in [-0.05, 0) is 41.1 Å². The summed E-state index contributed by atoms with van der Waals surface area (Å²) in [5.41, 5.74) is 0.531. The van der Waals surface area contributed by atoms with Crippen LogP contribution in [0.1, 0.15) is 17.5 Å². The van der Waals surface area contributed by atoms with E-state index < -0.39 is 10.9 Å². The molecule has 0 spiro atoms. The third-order valence-corrected chi connectivity index (χ3v) is 5.56. The summed E-state index contributed by atoms with van der Waals surface area (Å²) < 4.78 is 5.18. The Labute approximate surface area is 164 Å². The van der Waals surface area contributed by atoms with E-state index in [-0.39, 0.29) is 25.3 Å². The van der Waals surface area contributed by atoms with Crippen LogP contribution in [0, 0.1) is 10.1 Å². The fraction of sp³-hybridized carbons (Fsp3) is 0.222. The van der Waals surface area contributed by atoms with Crippen molar-refractivity contribution < 1.29 is 19.6 Å². The Bertz CT molecular complexity index is 800. The first-order chi connectivity index (χ1) is 13.1. The topological polar surface area (TPSA) is 103 Å². The van der Waals surface area contributed by atoms with Crippen LogP contribution in [0.4, 0.5) is 5.69 Å². The smallest absolute Gasteiger partial charge is 0.306 e. The number of carbonyl (C=O) groups excluding carboxylic acids is 1. The van der Waals surface area contributed by atoms with Gasteiger partial charge in [-0.25, -0.2) is 4.98 Å². The average Bonchev–Trinajstić information content (AvgIpc) is 2.68. The summed E-state index contributed by atoms with van der Waals surface area (Å²) in [6.45, 7) is -0.390. The third kappa shape index (κ3) is 7.05. The van der Waals surface area contributed by atoms with Crippen molar-refractivity contribution in [1.82, 2.24) is 4.98 Å². The second-order valence-electron chi connectivity index (χ2n) is 5.18. The van der Waals surface area contributed by atoms with Crippen LogP contribution in [0.3, 0.4) is 0 Å². The zero-order valence-electron chi connectivity index (χ0n) is 14.3. The van der Waals surface area contributed by atoms with Gasteiger partial charge in [-0.1, -0.05) is 29.0 Å². The molecular weight excluding hydrogens is 388 g/mol. The second-order valence-corrected chi connectivity index (χ2v) is 7.62. The molecule has 27 heavy (non-hydrogen) atoms. The molecule has 0 radical (unpaired) electrons. The maximum Gasteiger partial charge on any atom is 0.306 e. The number of nitro benzene ring substituents is 1. The SMILES string of the molecule is O=C(CCSSc1ccccn1)OCc1cccc(C=CCO)c1[N+](=O)[O-]. The van der Waals surface area contributed by atoms with Crippen LogP contribution in [0.5, 0.6) is 0 Å². The monoisotopic (exact) mass is 406 g/mol. The molecule has 0 aliphatic heterocycles. The quantitative estimate of drug-likeness (QED) is 0.209. The zero-order chi connectivity index (χ0) is 19.5. The Morgan fingerprint density at radius 3 is 2.85 bits per heavy atom. The van der Waals surface area contributed by atoms with Crippen LogP contribution in [0.25, 0.3) is 6.08 Å². The van der Waals surface area contributed by atoms with Crippen molar-refractivity contribution in [2.24, 2.45) is 0 Å². The van der Waals surface area contributed by atoms with Crippen molar-refractivity contribution in [2.45, 2.75) is 18.1 Å². The van der Waals surface area contributed by atoms with Gasteiger partial charge in [-0.15, -0.1) is 0 Å². The molecule has 0 aliphatic rings. The lowest BCUT2D eigenvalue weighted by atomic mass is 10.1. The maximum absolute atomic E-state index is 11.9. The highest BCUT2D eigenvalue weighted by molar-refractivity contribution is 8.76. The lowest BCUT2D eigenvalue weighted by molar-refractivity contribution is -0.386. The normalized spacial score (nSPS) is 10.9. The van der Waals surface area contributed by atoms with Crippen molar-refractivity contribution in [3.63, 3.8) is 0 Å². The number of hydrogen-bond acceptors (Lipinski definition) is 8. The zero-order valence-corrected chi connectivity index (χ0v) is 15.9. The van der Waals surface area contributed by atoms with E-state index in [0.29, 0.717) is 16.9 Å². The molecular formula is C18H18N2O5S2. The average molecular weight is 406 g/mol. The Balaban J connectivity index is 1.85. The van der Waals surface area contributed by atoms with Gasteiger partial charge in [-0.3, -0.25) is 14.9 Å². The molecule has 0 aliphatic carbocycles. The molecule has 0 atom stereocenters. The largest absolute Gasteiger partial charge is 0.461 e. The lowest BCUT2D eigenvalue weighted by Gasteiger charge is -2.07. The minimum Gasteiger partial charge on any atom is -0.461 e. The Hall–Kier alpha value is -2.36. The molecule has 142 valence electrons. The van der Waals surface area contributed by atoms with E-state index in [0.717, 1.165) is 5.03 Å². The number of benzene rings is 1. The molecule has 2 rings (SSSR count). The third-order valence-electron chi connectivity index (χ3n) is 3.30. The van der Waals surface area contributed by atoms with Gasteiger partial charge in [0.05, 0.1) is 29.1 Å². The van der Waals surface area contributed by atoms with Gasteiger partial charge < -0.3 is 9.84 Å². The number of hydrogen-bond donors (Lipinski definition) is 1. The van der Waals surface area contributed by atoms with Gasteiger partial charge in [0.2, 0.25) is 0 Å². The Kier molecular flexibility index (Phi) is 8.82. The summed E-state index contributed by atoms with van der Waals surface area (Å²) in [6.07, 6.45) is 4.78. The van der Waals surface area contributed by atoms with Gasteiger partial charge in [-0.2, -0.15) is 0 Å². The molecule has 0 unspecified atom stereocenters. The molecule has 1 aromatic carbocycles. The number of nitro groups is 1. The van der Waals surface area contributed by atoms with Gasteiger partial charge in [0.1, 0.15) is 11.6 Å². The minimum atomic E-state index is -0.514. The van der Waals surface area contributed by atoms with Crippen LogP contribution in [-0.2, 0) is 16.1 Å². The van der Waals surface area contributed by atoms with Crippen molar-refractivity contribution in [1.29, 1.82) is 0 Å². The first kappa shape index (κ1) is 20.9. The van der Waals surface area contributed by atoms with Crippen molar-refractivity contribution in [3.8, 4) is 0 Å². The molecule has 0 amide bonds. The highest BCUT2D eigenvalue weighted by atomic mass is 33.1. The van der Waals surface area contributed by atoms with E-state index in [4.69, 9.17) is 9.84 Å². The van der Waals surface area contributed by atoms with Gasteiger partial charge in [0.15, 0.2) is 0 Å². The molecule has 0 saturated carbocycles. The van der Waals surface area contributed by atoms with E-state index >= 15 is 0 Å². The van der Waals surface area contributed by atoms with Crippen LogP contribution in [-0.4, -0.2) is 33.3 Å². The summed E-state index contributed by atoms with van der Waals surface area (Å²) in [4.78, 5) is 26.9. The fourth-order valence-electron chi connectivity index (χ4n) is 2.12. The van der Waals surface area contributed by atoms with Gasteiger partial charge >= 0.3 is 5.97 Å². The predicted molar refractivity (Wildman–Crippen MR) is 106 cm³/mol. The molecule has 0 saturated heterocycles. The highest BCUT2D eigenvalue weighted by Crippen LogP contribution is 2.29. The van der Waals surface area contributed by atoms with Crippen LogP contribution in [0.15, 0.2) is 53.7 Å². The van der Waals surface area contributed by atoms with E-state index in [9.17, 15) is 14.9 Å². The van der Waals surface area contributed by atoms with E-state index in [2.05, 4.69) is 4.98 Å². The number of esters is 1. The lowest BCUT2D eigenvalue weighted by Crippen LogP contribution is -2.07. The number of ether oxygens (including phenoxy) is 1. The number of para-hydroxylation sites is 1. The summed E-state index contributed by atoms with van der Waals surface area (Å²) in [7, 11) is 2.96. The molecule has 1 aromatic heterocycles. The number of rotatable bonds is 10. The first-order valence-electron chi connectivity index (χ1n) is 8.01. The summed E-state index contributed by atoms with van der Waals surface area (Å²) in [5, 5.41) is 21.1. The molecule has 1 N–H and O–H groups in total. The number of aliphatic hydroxyl groups excluding tert-OH is 1. The molecule has 2 aromatic rings. The molecule has 1 heterocycles. The number of pyridine rings is 1. The molecule has 7 nitrogen and oxygen atoms in total. The van der Waals surface area contributed by atoms with Crippen molar-refractivity contribution in [3.05, 3.63) is 69.9 Å². The van der Waals surface area contributed by atoms with Gasteiger partial charge in [0, 0.05) is 11.9 Å². The highest BCUT2D eigenvalue weighted by Gasteiger charge is 2.19. The predicted octanol–water partition coefficient (Wildman–Crippen LogP) is 3.87. The molecule has 9 heteroatoms. The number of carbonyl (C=O) groups is 1. The summed E-state index contributed by atoms with van der Waals surface area (Å²) in [5.74, 6) is 0.122. The first-order valence-corrected chi connectivity index (χ1v) is 10.3. The van der Waals surface area contributed by atoms with E-state index in [1.54, 1.807) is 24.4 Å². The standard InChI is InChI=1S/C18H18N2O5S2/c21-11-4-7-14-5-3-6-15(18(14)20(23)24)13-25-17(22)9-12-26-27-16-8-1-2-10-19-16/h1-8,10,21H,9,11-13H2. The van der Waals surface area contributed by atoms with Gasteiger partial charge in [0.25, 0.3) is 5.69 Å². The summed E-state index contributed by atoms with van der Waals surface area (Å²) in [6, 6.07) is 10.4. The van der Waals surface area contributed by atoms with Crippen LogP contribution < -0.4 is 0 Å². The van der Waals surface area contributed by atoms with Crippen molar-refractivity contribution >= 4 is 39.3 Å². The number of aliphatic hydroxyl groups is 1. The van der Waals surface area contributed by atoms with Crippen LogP contribution >= 0.6 is 21.6 Å². The fourth-order valence-corrected chi connectivity index (χ4v) is 3.97. The Morgan fingerprint density at radius 1 is 1.30 bits per heavy atom. The number of aromatic nitrogens is 1. The Morgan fingerprint density at radius 2 is 2.15 bits per heavy atom.